The van der Waals surface area contributed by atoms with E-state index in [2.05, 4.69) is 4.98 Å². The van der Waals surface area contributed by atoms with E-state index in [0.29, 0.717) is 11.4 Å². The van der Waals surface area contributed by atoms with Crippen molar-refractivity contribution in [3.63, 3.8) is 0 Å². The summed E-state index contributed by atoms with van der Waals surface area (Å²) in [4.78, 5) is 17.0. The molecular weight excluding hydrogens is 266 g/mol. The molecule has 0 saturated carbocycles. The van der Waals surface area contributed by atoms with Gasteiger partial charge in [-0.1, -0.05) is 11.6 Å². The molecule has 19 heavy (non-hydrogen) atoms. The Bertz CT molecular complexity index is 617. The fourth-order valence-electron chi connectivity index (χ4n) is 1.81. The van der Waals surface area contributed by atoms with Crippen LogP contribution in [0.1, 0.15) is 10.4 Å². The number of nitrogens with zero attached hydrogens (tertiary/aromatic N) is 2. The van der Waals surface area contributed by atoms with Crippen molar-refractivity contribution < 1.29 is 9.90 Å². The van der Waals surface area contributed by atoms with Gasteiger partial charge < -0.3 is 15.7 Å². The number of rotatable bonds is 3. The molecule has 0 bridgehead atoms. The maximum atomic E-state index is 11.3. The van der Waals surface area contributed by atoms with E-state index in [0.717, 1.165) is 5.69 Å². The molecule has 1 heterocycles. The summed E-state index contributed by atoms with van der Waals surface area (Å²) in [6, 6.07) is 6.48. The molecule has 0 aliphatic rings. The van der Waals surface area contributed by atoms with Crippen molar-refractivity contribution in [2.24, 2.45) is 0 Å². The lowest BCUT2D eigenvalue weighted by molar-refractivity contribution is 0.0697. The van der Waals surface area contributed by atoms with Crippen molar-refractivity contribution >= 4 is 34.6 Å². The Labute approximate surface area is 115 Å². The smallest absolute Gasteiger partial charge is 0.337 e. The van der Waals surface area contributed by atoms with Crippen LogP contribution < -0.4 is 10.6 Å². The van der Waals surface area contributed by atoms with Crippen LogP contribution in [0.2, 0.25) is 5.02 Å². The number of aromatic nitrogens is 1. The van der Waals surface area contributed by atoms with Gasteiger partial charge in [-0.25, -0.2) is 4.79 Å². The molecule has 3 N–H and O–H groups in total. The molecule has 0 spiro atoms. The number of nitrogens with two attached hydrogens (primary N) is 1. The fraction of sp³-hybridized carbons (Fsp3) is 0.0769. The van der Waals surface area contributed by atoms with Gasteiger partial charge in [0.2, 0.25) is 0 Å². The predicted octanol–water partition coefficient (Wildman–Crippen LogP) is 2.78. The lowest BCUT2D eigenvalue weighted by Gasteiger charge is -2.22. The predicted molar refractivity (Wildman–Crippen MR) is 75.1 cm³/mol. The van der Waals surface area contributed by atoms with Gasteiger partial charge in [0.1, 0.15) is 0 Å². The third-order valence-corrected chi connectivity index (χ3v) is 2.97. The summed E-state index contributed by atoms with van der Waals surface area (Å²) in [5.41, 5.74) is 7.11. The molecule has 2 rings (SSSR count). The molecule has 0 atom stereocenters. The van der Waals surface area contributed by atoms with Gasteiger partial charge in [0.15, 0.2) is 0 Å². The zero-order valence-corrected chi connectivity index (χ0v) is 10.9. The maximum absolute atomic E-state index is 11.3. The van der Waals surface area contributed by atoms with Gasteiger partial charge in [0, 0.05) is 18.9 Å². The highest BCUT2D eigenvalue weighted by atomic mass is 35.5. The zero-order valence-electron chi connectivity index (χ0n) is 10.2. The highest BCUT2D eigenvalue weighted by Gasteiger charge is 2.19. The molecule has 0 unspecified atom stereocenters. The van der Waals surface area contributed by atoms with Gasteiger partial charge in [-0.05, 0) is 24.3 Å². The second-order valence-electron chi connectivity index (χ2n) is 3.97. The van der Waals surface area contributed by atoms with Gasteiger partial charge in [-0.15, -0.1) is 0 Å². The second kappa shape index (κ2) is 5.16. The van der Waals surface area contributed by atoms with Crippen LogP contribution in [0.5, 0.6) is 0 Å². The summed E-state index contributed by atoms with van der Waals surface area (Å²) in [5.74, 6) is -1.08. The topological polar surface area (TPSA) is 79.5 Å². The Hall–Kier alpha value is -2.27. The van der Waals surface area contributed by atoms with Crippen LogP contribution in [-0.2, 0) is 0 Å². The minimum absolute atomic E-state index is 0.0522. The van der Waals surface area contributed by atoms with Crippen LogP contribution >= 0.6 is 11.6 Å². The highest BCUT2D eigenvalue weighted by molar-refractivity contribution is 6.34. The number of anilines is 3. The molecule has 1 aromatic heterocycles. The van der Waals surface area contributed by atoms with Crippen molar-refractivity contribution in [1.29, 1.82) is 0 Å². The lowest BCUT2D eigenvalue weighted by Crippen LogP contribution is -2.15. The van der Waals surface area contributed by atoms with Gasteiger partial charge in [0.25, 0.3) is 0 Å². The van der Waals surface area contributed by atoms with E-state index in [1.165, 1.54) is 12.1 Å². The monoisotopic (exact) mass is 277 g/mol. The highest BCUT2D eigenvalue weighted by Crippen LogP contribution is 2.35. The van der Waals surface area contributed by atoms with Crippen LogP contribution in [0, 0.1) is 0 Å². The van der Waals surface area contributed by atoms with Crippen LogP contribution in [0.25, 0.3) is 0 Å². The summed E-state index contributed by atoms with van der Waals surface area (Å²) in [5, 5.41) is 9.54. The molecule has 0 saturated heterocycles. The lowest BCUT2D eigenvalue weighted by atomic mass is 10.1. The molecule has 2 aromatic rings. The Balaban J connectivity index is 2.59. The molecule has 6 heteroatoms. The van der Waals surface area contributed by atoms with Gasteiger partial charge in [-0.2, -0.15) is 0 Å². The van der Waals surface area contributed by atoms with Gasteiger partial charge >= 0.3 is 5.97 Å². The van der Waals surface area contributed by atoms with Crippen molar-refractivity contribution in [2.45, 2.75) is 0 Å². The minimum Gasteiger partial charge on any atom is -0.478 e. The Morgan fingerprint density at radius 1 is 1.47 bits per heavy atom. The number of benzene rings is 1. The Morgan fingerprint density at radius 2 is 2.21 bits per heavy atom. The summed E-state index contributed by atoms with van der Waals surface area (Å²) in [7, 11) is 1.72. The van der Waals surface area contributed by atoms with Crippen molar-refractivity contribution in [1.82, 2.24) is 4.98 Å². The van der Waals surface area contributed by atoms with Gasteiger partial charge in [-0.3, -0.25) is 4.98 Å². The molecule has 0 radical (unpaired) electrons. The largest absolute Gasteiger partial charge is 0.478 e. The van der Waals surface area contributed by atoms with Crippen molar-refractivity contribution in [3.05, 3.63) is 47.2 Å². The van der Waals surface area contributed by atoms with E-state index in [4.69, 9.17) is 17.3 Å². The SMILES string of the molecule is CN(c1cccnc1)c1c(Cl)cc(N)cc1C(=O)O. The minimum atomic E-state index is -1.08. The first-order valence-corrected chi connectivity index (χ1v) is 5.84. The van der Waals surface area contributed by atoms with Crippen LogP contribution in [0.4, 0.5) is 17.1 Å². The van der Waals surface area contributed by atoms with E-state index in [1.54, 1.807) is 30.4 Å². The standard InChI is InChI=1S/C13H12ClN3O2/c1-17(9-3-2-4-16-7-9)12-10(13(18)19)5-8(15)6-11(12)14/h2-7H,15H2,1H3,(H,18,19). The number of halogens is 1. The number of aromatic carboxylic acids is 1. The number of carboxylic acids is 1. The number of hydrogen-bond donors (Lipinski definition) is 2. The van der Waals surface area contributed by atoms with Crippen LogP contribution in [-0.4, -0.2) is 23.1 Å². The second-order valence-corrected chi connectivity index (χ2v) is 4.38. The summed E-state index contributed by atoms with van der Waals surface area (Å²) in [6.07, 6.45) is 3.26. The molecule has 1 aromatic carbocycles. The molecular formula is C13H12ClN3O2. The Kier molecular flexibility index (Phi) is 3.57. The average molecular weight is 278 g/mol. The quantitative estimate of drug-likeness (QED) is 0.843. The first-order valence-electron chi connectivity index (χ1n) is 5.46. The number of carboxylic acid groups (broad SMARTS) is 1. The Morgan fingerprint density at radius 3 is 2.79 bits per heavy atom. The normalized spacial score (nSPS) is 10.2. The van der Waals surface area contributed by atoms with Crippen LogP contribution in [0.3, 0.4) is 0 Å². The van der Waals surface area contributed by atoms with E-state index < -0.39 is 5.97 Å². The van der Waals surface area contributed by atoms with E-state index in [-0.39, 0.29) is 10.6 Å². The molecule has 5 nitrogen and oxygen atoms in total. The number of carbonyl (C=O) groups is 1. The average Bonchev–Trinajstić information content (AvgIpc) is 2.38. The van der Waals surface area contributed by atoms with Crippen molar-refractivity contribution in [3.8, 4) is 0 Å². The first-order chi connectivity index (χ1) is 9.00. The first kappa shape index (κ1) is 13.2. The summed E-state index contributed by atoms with van der Waals surface area (Å²) >= 11 is 6.12. The number of nitrogen functional groups attached to an aromatic ring is 1. The maximum Gasteiger partial charge on any atom is 0.337 e. The number of pyridine rings is 1. The summed E-state index contributed by atoms with van der Waals surface area (Å²) in [6.45, 7) is 0. The molecule has 0 fully saturated rings. The zero-order chi connectivity index (χ0) is 14.0. The third kappa shape index (κ3) is 2.61. The van der Waals surface area contributed by atoms with Crippen LogP contribution in [0.15, 0.2) is 36.7 Å². The van der Waals surface area contributed by atoms with Gasteiger partial charge in [0.05, 0.1) is 28.2 Å². The van der Waals surface area contributed by atoms with E-state index in [1.807, 2.05) is 6.07 Å². The molecule has 0 aliphatic carbocycles. The van der Waals surface area contributed by atoms with E-state index >= 15 is 0 Å². The molecule has 0 aliphatic heterocycles. The summed E-state index contributed by atoms with van der Waals surface area (Å²) < 4.78 is 0. The fourth-order valence-corrected chi connectivity index (χ4v) is 2.16. The number of hydrogen-bond acceptors (Lipinski definition) is 4. The molecule has 98 valence electrons. The third-order valence-electron chi connectivity index (χ3n) is 2.68. The van der Waals surface area contributed by atoms with Crippen molar-refractivity contribution in [2.75, 3.05) is 17.7 Å². The molecule has 0 amide bonds. The van der Waals surface area contributed by atoms with E-state index in [9.17, 15) is 9.90 Å².